The van der Waals surface area contributed by atoms with Crippen LogP contribution in [0.15, 0.2) is 66.2 Å². The highest BCUT2D eigenvalue weighted by Crippen LogP contribution is 2.45. The van der Waals surface area contributed by atoms with Crippen LogP contribution in [0.2, 0.25) is 0 Å². The smallest absolute Gasteiger partial charge is 0.301 e. The van der Waals surface area contributed by atoms with Crippen molar-refractivity contribution in [3.8, 4) is 11.5 Å². The van der Waals surface area contributed by atoms with Crippen LogP contribution in [0, 0.1) is 6.92 Å². The lowest BCUT2D eigenvalue weighted by atomic mass is 9.93. The lowest BCUT2D eigenvalue weighted by Crippen LogP contribution is -2.29. The van der Waals surface area contributed by atoms with Crippen LogP contribution in [0.5, 0.6) is 11.5 Å². The second-order valence-corrected chi connectivity index (χ2v) is 10.5. The Labute approximate surface area is 225 Å². The zero-order valence-corrected chi connectivity index (χ0v) is 22.6. The number of aliphatic hydroxyl groups excluding tert-OH is 1. The van der Waals surface area contributed by atoms with Crippen molar-refractivity contribution in [3.05, 3.63) is 88.5 Å². The summed E-state index contributed by atoms with van der Waals surface area (Å²) >= 11 is 1.29. The number of amides is 1. The lowest BCUT2D eigenvalue weighted by Gasteiger charge is -2.23. The van der Waals surface area contributed by atoms with E-state index in [1.807, 2.05) is 43.3 Å². The number of anilines is 1. The summed E-state index contributed by atoms with van der Waals surface area (Å²) in [5.41, 5.74) is 3.77. The number of hydrogen-bond acceptors (Lipinski definition) is 7. The Balaban J connectivity index is 1.70. The van der Waals surface area contributed by atoms with Crippen molar-refractivity contribution < 1.29 is 24.2 Å². The third-order valence-corrected chi connectivity index (χ3v) is 7.84. The van der Waals surface area contributed by atoms with Gasteiger partial charge in [-0.05, 0) is 65.9 Å². The molecular formula is C30H28N2O5S. The predicted molar refractivity (Wildman–Crippen MR) is 149 cm³/mol. The number of fused-ring (bicyclic) bond motifs is 1. The Hall–Kier alpha value is -4.17. The average Bonchev–Trinajstić information content (AvgIpc) is 3.45. The molecule has 194 valence electrons. The largest absolute Gasteiger partial charge is 0.507 e. The molecule has 1 N–H and O–H groups in total. The van der Waals surface area contributed by atoms with Crippen LogP contribution in [-0.4, -0.2) is 36.0 Å². The van der Waals surface area contributed by atoms with Gasteiger partial charge in [-0.3, -0.25) is 14.5 Å². The van der Waals surface area contributed by atoms with Gasteiger partial charge < -0.3 is 14.6 Å². The van der Waals surface area contributed by atoms with E-state index in [2.05, 4.69) is 18.8 Å². The first-order chi connectivity index (χ1) is 18.2. The topological polar surface area (TPSA) is 89.0 Å². The molecule has 1 saturated heterocycles. The van der Waals surface area contributed by atoms with Crippen molar-refractivity contribution in [2.45, 2.75) is 32.7 Å². The van der Waals surface area contributed by atoms with Crippen molar-refractivity contribution in [1.82, 2.24) is 4.98 Å². The van der Waals surface area contributed by atoms with Crippen LogP contribution in [-0.2, 0) is 9.59 Å². The highest BCUT2D eigenvalue weighted by Gasteiger charge is 2.48. The Kier molecular flexibility index (Phi) is 6.67. The second kappa shape index (κ2) is 9.95. The molecule has 3 aromatic carbocycles. The maximum Gasteiger partial charge on any atom is 0.301 e. The maximum absolute atomic E-state index is 13.5. The Morgan fingerprint density at radius 2 is 1.74 bits per heavy atom. The number of aliphatic hydroxyl groups is 1. The van der Waals surface area contributed by atoms with Gasteiger partial charge in [0.25, 0.3) is 5.78 Å². The van der Waals surface area contributed by atoms with E-state index in [-0.39, 0.29) is 11.3 Å². The van der Waals surface area contributed by atoms with Gasteiger partial charge in [0, 0.05) is 5.56 Å². The molecule has 7 nitrogen and oxygen atoms in total. The summed E-state index contributed by atoms with van der Waals surface area (Å²) < 4.78 is 11.5. The van der Waals surface area contributed by atoms with Crippen molar-refractivity contribution in [1.29, 1.82) is 0 Å². The van der Waals surface area contributed by atoms with Gasteiger partial charge in [-0.1, -0.05) is 49.4 Å². The lowest BCUT2D eigenvalue weighted by molar-refractivity contribution is -0.132. The molecule has 8 heteroatoms. The van der Waals surface area contributed by atoms with E-state index in [0.29, 0.717) is 39.2 Å². The summed E-state index contributed by atoms with van der Waals surface area (Å²) in [6.45, 7) is 6.05. The molecular weight excluding hydrogens is 500 g/mol. The number of carbonyl (C=O) groups is 2. The van der Waals surface area contributed by atoms with Gasteiger partial charge in [-0.2, -0.15) is 0 Å². The summed E-state index contributed by atoms with van der Waals surface area (Å²) in [7, 11) is 3.16. The van der Waals surface area contributed by atoms with Gasteiger partial charge in [-0.15, -0.1) is 0 Å². The van der Waals surface area contributed by atoms with E-state index < -0.39 is 17.7 Å². The number of carbonyl (C=O) groups excluding carboxylic acids is 2. The van der Waals surface area contributed by atoms with Crippen LogP contribution in [0.4, 0.5) is 5.13 Å². The zero-order valence-electron chi connectivity index (χ0n) is 21.8. The van der Waals surface area contributed by atoms with Crippen LogP contribution in [0.3, 0.4) is 0 Å². The molecule has 0 aliphatic carbocycles. The van der Waals surface area contributed by atoms with E-state index in [0.717, 1.165) is 15.8 Å². The highest BCUT2D eigenvalue weighted by atomic mass is 32.1. The van der Waals surface area contributed by atoms with Gasteiger partial charge in [0.15, 0.2) is 5.13 Å². The third kappa shape index (κ3) is 4.31. The maximum atomic E-state index is 13.5. The van der Waals surface area contributed by atoms with E-state index in [1.54, 1.807) is 38.5 Å². The van der Waals surface area contributed by atoms with Gasteiger partial charge >= 0.3 is 5.91 Å². The van der Waals surface area contributed by atoms with Crippen molar-refractivity contribution >= 4 is 44.1 Å². The molecule has 1 amide bonds. The summed E-state index contributed by atoms with van der Waals surface area (Å²) in [6, 6.07) is 17.5. The fourth-order valence-corrected chi connectivity index (χ4v) is 5.73. The molecule has 1 aromatic heterocycles. The number of methoxy groups -OCH3 is 2. The van der Waals surface area contributed by atoms with E-state index in [9.17, 15) is 14.7 Å². The normalized spacial score (nSPS) is 17.0. The molecule has 0 bridgehead atoms. The number of ketones is 1. The fraction of sp³-hybridized carbons (Fsp3) is 0.233. The summed E-state index contributed by atoms with van der Waals surface area (Å²) in [6.07, 6.45) is 0. The molecule has 5 rings (SSSR count). The van der Waals surface area contributed by atoms with E-state index in [1.165, 1.54) is 16.2 Å². The first kappa shape index (κ1) is 25.5. The number of thiazole rings is 1. The predicted octanol–water partition coefficient (Wildman–Crippen LogP) is 6.37. The number of benzene rings is 3. The van der Waals surface area contributed by atoms with E-state index >= 15 is 0 Å². The number of rotatable bonds is 6. The molecule has 1 atom stereocenters. The Morgan fingerprint density at radius 3 is 2.37 bits per heavy atom. The fourth-order valence-electron chi connectivity index (χ4n) is 4.71. The molecule has 0 radical (unpaired) electrons. The zero-order chi connectivity index (χ0) is 27.1. The number of aryl methyl sites for hydroxylation is 1. The molecule has 0 spiro atoms. The minimum Gasteiger partial charge on any atom is -0.507 e. The van der Waals surface area contributed by atoms with Gasteiger partial charge in [0.1, 0.15) is 17.3 Å². The quantitative estimate of drug-likeness (QED) is 0.178. The van der Waals surface area contributed by atoms with Crippen LogP contribution < -0.4 is 14.4 Å². The van der Waals surface area contributed by atoms with Gasteiger partial charge in [0.05, 0.1) is 36.1 Å². The van der Waals surface area contributed by atoms with Crippen molar-refractivity contribution in [3.63, 3.8) is 0 Å². The summed E-state index contributed by atoms with van der Waals surface area (Å²) in [5.74, 6) is -0.0843. The molecule has 2 heterocycles. The van der Waals surface area contributed by atoms with Gasteiger partial charge in [-0.25, -0.2) is 4.98 Å². The Morgan fingerprint density at radius 1 is 1.00 bits per heavy atom. The molecule has 1 fully saturated rings. The number of nitrogens with zero attached hydrogens (tertiary/aromatic N) is 2. The molecule has 38 heavy (non-hydrogen) atoms. The Bertz CT molecular complexity index is 1590. The third-order valence-electron chi connectivity index (χ3n) is 6.82. The SMILES string of the molecule is COc1ccc2nc(N3C(=O)C(=O)/C(=C(/O)c4ccc(OC)c(C)c4)[C@H]3c3ccc(C(C)C)cc3)sc2c1. The molecule has 1 aliphatic rings. The number of aromatic nitrogens is 1. The molecule has 0 saturated carbocycles. The molecule has 0 unspecified atom stereocenters. The standard InChI is InChI=1S/C30H28N2O5S/c1-16(2)18-6-8-19(9-7-18)26-25(27(33)20-10-13-23(37-5)17(3)14-20)28(34)29(35)32(26)30-31-22-12-11-21(36-4)15-24(22)38-30/h6-16,26,33H,1-5H3/b27-25+/t26-/m1/s1. The second-order valence-electron chi connectivity index (χ2n) is 9.50. The summed E-state index contributed by atoms with van der Waals surface area (Å²) in [4.78, 5) is 33.1. The van der Waals surface area contributed by atoms with Crippen molar-refractivity contribution in [2.75, 3.05) is 19.1 Å². The first-order valence-corrected chi connectivity index (χ1v) is 13.1. The molecule has 1 aliphatic heterocycles. The average molecular weight is 529 g/mol. The first-order valence-electron chi connectivity index (χ1n) is 12.2. The highest BCUT2D eigenvalue weighted by molar-refractivity contribution is 7.22. The van der Waals surface area contributed by atoms with Crippen molar-refractivity contribution in [2.24, 2.45) is 0 Å². The number of Topliss-reactive ketones (excluding diaryl/α,β-unsaturated/α-hetero) is 1. The number of ether oxygens (including phenoxy) is 2. The van der Waals surface area contributed by atoms with Crippen LogP contribution in [0.1, 0.15) is 48.1 Å². The number of hydrogen-bond donors (Lipinski definition) is 1. The molecule has 4 aromatic rings. The minimum atomic E-state index is -0.846. The van der Waals surface area contributed by atoms with Gasteiger partial charge in [0.2, 0.25) is 0 Å². The van der Waals surface area contributed by atoms with Crippen LogP contribution in [0.25, 0.3) is 16.0 Å². The minimum absolute atomic E-state index is 0.0219. The van der Waals surface area contributed by atoms with Crippen LogP contribution >= 0.6 is 11.3 Å². The monoisotopic (exact) mass is 528 g/mol. The summed E-state index contributed by atoms with van der Waals surface area (Å²) in [5, 5.41) is 11.8. The van der Waals surface area contributed by atoms with E-state index in [4.69, 9.17) is 9.47 Å².